The summed E-state index contributed by atoms with van der Waals surface area (Å²) in [5, 5.41) is 0. The van der Waals surface area contributed by atoms with Crippen LogP contribution in [0.4, 0.5) is 4.39 Å². The van der Waals surface area contributed by atoms with Crippen LogP contribution in [0.2, 0.25) is 0 Å². The van der Waals surface area contributed by atoms with Crippen LogP contribution in [-0.2, 0) is 13.1 Å². The van der Waals surface area contributed by atoms with Crippen molar-refractivity contribution in [3.8, 4) is 0 Å². The number of pyridine rings is 2. The summed E-state index contributed by atoms with van der Waals surface area (Å²) < 4.78 is 16.6. The van der Waals surface area contributed by atoms with Gasteiger partial charge in [0.15, 0.2) is 5.52 Å². The summed E-state index contributed by atoms with van der Waals surface area (Å²) in [6.07, 6.45) is 4.69. The minimum Gasteiger partial charge on any atom is -0.287 e. The van der Waals surface area contributed by atoms with Crippen LogP contribution in [0.25, 0.3) is 11.0 Å². The van der Waals surface area contributed by atoms with E-state index in [1.165, 1.54) is 16.8 Å². The van der Waals surface area contributed by atoms with Crippen LogP contribution in [-0.4, -0.2) is 19.1 Å². The molecule has 0 aliphatic heterocycles. The first-order chi connectivity index (χ1) is 13.1. The van der Waals surface area contributed by atoms with E-state index in [2.05, 4.69) is 9.97 Å². The first-order valence-electron chi connectivity index (χ1n) is 8.36. The third-order valence-electron chi connectivity index (χ3n) is 4.36. The highest BCUT2D eigenvalue weighted by Gasteiger charge is 2.15. The van der Waals surface area contributed by atoms with Gasteiger partial charge in [-0.15, -0.1) is 0 Å². The van der Waals surface area contributed by atoms with Crippen molar-refractivity contribution in [3.63, 3.8) is 0 Å². The van der Waals surface area contributed by atoms with Crippen LogP contribution in [0.15, 0.2) is 76.7 Å². The maximum atomic E-state index is 14.1. The van der Waals surface area contributed by atoms with Crippen molar-refractivity contribution in [2.75, 3.05) is 0 Å². The van der Waals surface area contributed by atoms with Crippen LogP contribution in [0.5, 0.6) is 0 Å². The zero-order valence-corrected chi connectivity index (χ0v) is 14.2. The molecule has 4 aromatic rings. The zero-order valence-electron chi connectivity index (χ0n) is 14.2. The van der Waals surface area contributed by atoms with Crippen LogP contribution >= 0.6 is 0 Å². The molecule has 0 amide bonds. The Labute approximate surface area is 153 Å². The van der Waals surface area contributed by atoms with Crippen molar-refractivity contribution >= 4 is 11.0 Å². The Hall–Kier alpha value is -3.61. The summed E-state index contributed by atoms with van der Waals surface area (Å²) >= 11 is 0. The van der Waals surface area contributed by atoms with E-state index < -0.39 is 17.1 Å². The fraction of sp³-hybridized carbons (Fsp3) is 0.100. The SMILES string of the molecule is O=c1c2ncccc2n(Cc2ccccc2F)c(=O)n1Cc1ccncc1. The molecule has 0 radical (unpaired) electrons. The Kier molecular flexibility index (Phi) is 4.33. The molecule has 3 aromatic heterocycles. The lowest BCUT2D eigenvalue weighted by molar-refractivity contribution is 0.583. The third kappa shape index (κ3) is 3.15. The van der Waals surface area contributed by atoms with Gasteiger partial charge in [-0.1, -0.05) is 18.2 Å². The van der Waals surface area contributed by atoms with E-state index in [1.54, 1.807) is 54.9 Å². The maximum absolute atomic E-state index is 14.1. The lowest BCUT2D eigenvalue weighted by Crippen LogP contribution is -2.41. The molecule has 0 unspecified atom stereocenters. The largest absolute Gasteiger partial charge is 0.332 e. The smallest absolute Gasteiger partial charge is 0.287 e. The summed E-state index contributed by atoms with van der Waals surface area (Å²) in [4.78, 5) is 34.0. The van der Waals surface area contributed by atoms with Gasteiger partial charge in [0.25, 0.3) is 5.56 Å². The first-order valence-corrected chi connectivity index (χ1v) is 8.36. The molecule has 27 heavy (non-hydrogen) atoms. The van der Waals surface area contributed by atoms with Crippen molar-refractivity contribution in [1.29, 1.82) is 0 Å². The summed E-state index contributed by atoms with van der Waals surface area (Å²) in [5.41, 5.74) is 0.678. The van der Waals surface area contributed by atoms with E-state index in [-0.39, 0.29) is 18.6 Å². The van der Waals surface area contributed by atoms with E-state index in [9.17, 15) is 14.0 Å². The summed E-state index contributed by atoms with van der Waals surface area (Å²) in [6.45, 7) is 0.0916. The third-order valence-corrected chi connectivity index (χ3v) is 4.36. The predicted octanol–water partition coefficient (Wildman–Crippen LogP) is 2.19. The van der Waals surface area contributed by atoms with E-state index in [4.69, 9.17) is 0 Å². The van der Waals surface area contributed by atoms with Gasteiger partial charge in [0.2, 0.25) is 0 Å². The average Bonchev–Trinajstić information content (AvgIpc) is 2.70. The quantitative estimate of drug-likeness (QED) is 0.558. The second-order valence-electron chi connectivity index (χ2n) is 6.08. The van der Waals surface area contributed by atoms with E-state index in [1.807, 2.05) is 0 Å². The molecule has 0 bridgehead atoms. The molecule has 134 valence electrons. The first kappa shape index (κ1) is 16.8. The lowest BCUT2D eigenvalue weighted by atomic mass is 10.2. The fourth-order valence-electron chi connectivity index (χ4n) is 3.00. The Balaban J connectivity index is 1.93. The van der Waals surface area contributed by atoms with E-state index in [0.29, 0.717) is 11.1 Å². The molecule has 0 aliphatic rings. The standard InChI is InChI=1S/C20H15FN4O2/c21-16-5-2-1-4-15(16)13-24-17-6-3-9-23-18(17)19(26)25(20(24)27)12-14-7-10-22-11-8-14/h1-11H,12-13H2. The maximum Gasteiger partial charge on any atom is 0.332 e. The van der Waals surface area contributed by atoms with Crippen molar-refractivity contribution in [2.24, 2.45) is 0 Å². The highest BCUT2D eigenvalue weighted by molar-refractivity contribution is 5.73. The normalized spacial score (nSPS) is 11.0. The summed E-state index contributed by atoms with van der Waals surface area (Å²) in [5.74, 6) is -0.409. The highest BCUT2D eigenvalue weighted by atomic mass is 19.1. The Morgan fingerprint density at radius 1 is 0.852 bits per heavy atom. The Bertz CT molecular complexity index is 1230. The van der Waals surface area contributed by atoms with Gasteiger partial charge in [0.1, 0.15) is 5.82 Å². The average molecular weight is 362 g/mol. The van der Waals surface area contributed by atoms with Gasteiger partial charge in [0.05, 0.1) is 18.6 Å². The molecule has 7 heteroatoms. The van der Waals surface area contributed by atoms with Gasteiger partial charge < -0.3 is 0 Å². The van der Waals surface area contributed by atoms with Crippen molar-refractivity contribution in [1.82, 2.24) is 19.1 Å². The molecule has 0 spiro atoms. The number of rotatable bonds is 4. The number of fused-ring (bicyclic) bond motifs is 1. The molecular weight excluding hydrogens is 347 g/mol. The number of nitrogens with zero attached hydrogens (tertiary/aromatic N) is 4. The number of halogens is 1. The van der Waals surface area contributed by atoms with Crippen molar-refractivity contribution in [2.45, 2.75) is 13.1 Å². The number of benzene rings is 1. The van der Waals surface area contributed by atoms with Crippen molar-refractivity contribution in [3.05, 3.63) is 105 Å². The van der Waals surface area contributed by atoms with Gasteiger partial charge in [-0.2, -0.15) is 0 Å². The molecular formula is C20H15FN4O2. The molecule has 0 aliphatic carbocycles. The fourth-order valence-corrected chi connectivity index (χ4v) is 3.00. The number of hydrogen-bond acceptors (Lipinski definition) is 4. The van der Waals surface area contributed by atoms with Crippen LogP contribution in [0, 0.1) is 5.82 Å². The van der Waals surface area contributed by atoms with Gasteiger partial charge >= 0.3 is 5.69 Å². The van der Waals surface area contributed by atoms with Gasteiger partial charge in [0, 0.05) is 24.2 Å². The second kappa shape index (κ2) is 6.95. The molecule has 0 saturated carbocycles. The van der Waals surface area contributed by atoms with Crippen LogP contribution < -0.4 is 11.2 Å². The lowest BCUT2D eigenvalue weighted by Gasteiger charge is -2.14. The van der Waals surface area contributed by atoms with E-state index >= 15 is 0 Å². The molecule has 0 N–H and O–H groups in total. The molecule has 4 rings (SSSR count). The van der Waals surface area contributed by atoms with Gasteiger partial charge in [-0.25, -0.2) is 14.2 Å². The highest BCUT2D eigenvalue weighted by Crippen LogP contribution is 2.11. The topological polar surface area (TPSA) is 69.8 Å². The molecule has 0 atom stereocenters. The minimum atomic E-state index is -0.513. The summed E-state index contributed by atoms with van der Waals surface area (Å²) in [6, 6.07) is 13.0. The van der Waals surface area contributed by atoms with Crippen molar-refractivity contribution < 1.29 is 4.39 Å². The number of aromatic nitrogens is 4. The molecule has 6 nitrogen and oxygen atoms in total. The van der Waals surface area contributed by atoms with E-state index in [0.717, 1.165) is 10.1 Å². The molecule has 0 fully saturated rings. The van der Waals surface area contributed by atoms with Gasteiger partial charge in [-0.05, 0) is 35.9 Å². The predicted molar refractivity (Wildman–Crippen MR) is 99.1 cm³/mol. The summed E-state index contributed by atoms with van der Waals surface area (Å²) in [7, 11) is 0. The zero-order chi connectivity index (χ0) is 18.8. The molecule has 1 aromatic carbocycles. The molecule has 0 saturated heterocycles. The minimum absolute atomic E-state index is 0.00429. The monoisotopic (exact) mass is 362 g/mol. The van der Waals surface area contributed by atoms with Crippen LogP contribution in [0.3, 0.4) is 0 Å². The second-order valence-corrected chi connectivity index (χ2v) is 6.08. The number of hydrogen-bond donors (Lipinski definition) is 0. The molecule has 3 heterocycles. The van der Waals surface area contributed by atoms with Crippen LogP contribution in [0.1, 0.15) is 11.1 Å². The Morgan fingerprint density at radius 3 is 2.41 bits per heavy atom. The van der Waals surface area contributed by atoms with Gasteiger partial charge in [-0.3, -0.25) is 18.9 Å². The Morgan fingerprint density at radius 2 is 1.63 bits per heavy atom.